The molecule has 3 aromatic rings. The Labute approximate surface area is 139 Å². The number of carbonyl (C=O) groups is 1. The molecule has 0 aromatic heterocycles. The number of carbonyl (C=O) groups excluding carboxylic acids is 1. The van der Waals surface area contributed by atoms with Crippen LogP contribution in [0.3, 0.4) is 0 Å². The number of amides is 1. The Hall–Kier alpha value is -2.86. The van der Waals surface area contributed by atoms with Gasteiger partial charge in [0.2, 0.25) is 5.91 Å². The number of aromatic hydroxyl groups is 1. The van der Waals surface area contributed by atoms with Crippen LogP contribution in [0.25, 0.3) is 10.8 Å². The molecule has 1 amide bonds. The Morgan fingerprint density at radius 3 is 2.42 bits per heavy atom. The number of hydrogen-bond donors (Lipinski definition) is 2. The van der Waals surface area contributed by atoms with Gasteiger partial charge in [-0.1, -0.05) is 36.4 Å². The predicted molar refractivity (Wildman–Crippen MR) is 92.7 cm³/mol. The third kappa shape index (κ3) is 3.55. The van der Waals surface area contributed by atoms with Crippen LogP contribution >= 0.6 is 0 Å². The van der Waals surface area contributed by atoms with Gasteiger partial charge in [-0.05, 0) is 35.0 Å². The number of hydrogen-bond acceptors (Lipinski definition) is 4. The van der Waals surface area contributed by atoms with E-state index in [1.807, 2.05) is 24.3 Å². The Morgan fingerprint density at radius 1 is 0.917 bits per heavy atom. The summed E-state index contributed by atoms with van der Waals surface area (Å²) in [5.41, 5.74) is 0.341. The van der Waals surface area contributed by atoms with E-state index in [2.05, 4.69) is 5.32 Å². The standard InChI is InChI=1S/C18H15NO4S/c20-16-7-3-6-15(11-16)19-18(21)12-24(22,23)17-9-8-13-4-1-2-5-14(13)10-17/h1-11,20H,12H2,(H,19,21). The molecule has 0 saturated heterocycles. The molecule has 3 rings (SSSR count). The van der Waals surface area contributed by atoms with Crippen molar-refractivity contribution in [1.29, 1.82) is 0 Å². The first kappa shape index (κ1) is 16.0. The van der Waals surface area contributed by atoms with Crippen molar-refractivity contribution in [2.45, 2.75) is 4.90 Å². The largest absolute Gasteiger partial charge is 0.508 e. The zero-order valence-electron chi connectivity index (χ0n) is 12.6. The average Bonchev–Trinajstić information content (AvgIpc) is 2.53. The maximum atomic E-state index is 12.4. The van der Waals surface area contributed by atoms with E-state index in [-0.39, 0.29) is 10.6 Å². The summed E-state index contributed by atoms with van der Waals surface area (Å²) < 4.78 is 24.9. The summed E-state index contributed by atoms with van der Waals surface area (Å²) in [4.78, 5) is 12.1. The molecule has 3 aromatic carbocycles. The average molecular weight is 341 g/mol. The lowest BCUT2D eigenvalue weighted by molar-refractivity contribution is -0.113. The molecule has 0 aliphatic rings. The molecule has 5 nitrogen and oxygen atoms in total. The maximum absolute atomic E-state index is 12.4. The molecule has 0 fully saturated rings. The van der Waals surface area contributed by atoms with Crippen LogP contribution in [0.2, 0.25) is 0 Å². The minimum absolute atomic E-state index is 0.00909. The van der Waals surface area contributed by atoms with E-state index in [4.69, 9.17) is 0 Å². The zero-order valence-corrected chi connectivity index (χ0v) is 13.5. The van der Waals surface area contributed by atoms with E-state index in [1.165, 1.54) is 18.2 Å². The summed E-state index contributed by atoms with van der Waals surface area (Å²) in [6.45, 7) is 0. The summed E-state index contributed by atoms with van der Waals surface area (Å²) in [6.07, 6.45) is 0. The summed E-state index contributed by atoms with van der Waals surface area (Å²) in [5, 5.41) is 13.6. The topological polar surface area (TPSA) is 83.5 Å². The molecule has 0 unspecified atom stereocenters. The van der Waals surface area contributed by atoms with Crippen LogP contribution in [0.15, 0.2) is 71.6 Å². The summed E-state index contributed by atoms with van der Waals surface area (Å²) in [6, 6.07) is 18.1. The Morgan fingerprint density at radius 2 is 1.67 bits per heavy atom. The van der Waals surface area contributed by atoms with E-state index in [1.54, 1.807) is 24.3 Å². The fourth-order valence-corrected chi connectivity index (χ4v) is 3.56. The van der Waals surface area contributed by atoms with Crippen LogP contribution in [-0.2, 0) is 14.6 Å². The highest BCUT2D eigenvalue weighted by molar-refractivity contribution is 7.92. The minimum Gasteiger partial charge on any atom is -0.508 e. The van der Waals surface area contributed by atoms with Gasteiger partial charge in [0.15, 0.2) is 9.84 Å². The van der Waals surface area contributed by atoms with E-state index >= 15 is 0 Å². The third-order valence-electron chi connectivity index (χ3n) is 3.53. The lowest BCUT2D eigenvalue weighted by Gasteiger charge is -2.08. The van der Waals surface area contributed by atoms with Crippen LogP contribution in [0.1, 0.15) is 0 Å². The molecule has 122 valence electrons. The van der Waals surface area contributed by atoms with Gasteiger partial charge in [-0.3, -0.25) is 4.79 Å². The number of rotatable bonds is 4. The summed E-state index contributed by atoms with van der Waals surface area (Å²) in [7, 11) is -3.76. The Kier molecular flexibility index (Phi) is 4.22. The van der Waals surface area contributed by atoms with Crippen LogP contribution in [0, 0.1) is 0 Å². The lowest BCUT2D eigenvalue weighted by Crippen LogP contribution is -2.23. The molecule has 0 aliphatic carbocycles. The predicted octanol–water partition coefficient (Wildman–Crippen LogP) is 2.96. The Balaban J connectivity index is 1.80. The number of sulfone groups is 1. The van der Waals surface area contributed by atoms with Crippen molar-refractivity contribution in [3.63, 3.8) is 0 Å². The third-order valence-corrected chi connectivity index (χ3v) is 5.15. The molecular formula is C18H15NO4S. The van der Waals surface area contributed by atoms with E-state index < -0.39 is 21.5 Å². The first-order valence-electron chi connectivity index (χ1n) is 7.24. The van der Waals surface area contributed by atoms with Gasteiger partial charge in [0, 0.05) is 11.8 Å². The number of anilines is 1. The fraction of sp³-hybridized carbons (Fsp3) is 0.0556. The highest BCUT2D eigenvalue weighted by Gasteiger charge is 2.20. The van der Waals surface area contributed by atoms with Gasteiger partial charge in [-0.2, -0.15) is 0 Å². The van der Waals surface area contributed by atoms with Gasteiger partial charge in [0.05, 0.1) is 4.90 Å². The fourth-order valence-electron chi connectivity index (χ4n) is 2.40. The molecule has 0 saturated carbocycles. The van der Waals surface area contributed by atoms with Gasteiger partial charge < -0.3 is 10.4 Å². The molecule has 0 heterocycles. The smallest absolute Gasteiger partial charge is 0.239 e. The van der Waals surface area contributed by atoms with Gasteiger partial charge in [-0.25, -0.2) is 8.42 Å². The molecule has 0 radical (unpaired) electrons. The molecule has 0 spiro atoms. The number of phenolic OH excluding ortho intramolecular Hbond substituents is 1. The SMILES string of the molecule is O=C(CS(=O)(=O)c1ccc2ccccc2c1)Nc1cccc(O)c1. The Bertz CT molecular complexity index is 1010. The van der Waals surface area contributed by atoms with Gasteiger partial charge in [0.1, 0.15) is 11.5 Å². The molecule has 0 atom stereocenters. The van der Waals surface area contributed by atoms with Crippen LogP contribution in [-0.4, -0.2) is 25.2 Å². The normalized spacial score (nSPS) is 11.3. The first-order valence-corrected chi connectivity index (χ1v) is 8.90. The summed E-state index contributed by atoms with van der Waals surface area (Å²) in [5.74, 6) is -1.33. The van der Waals surface area contributed by atoms with Gasteiger partial charge in [0.25, 0.3) is 0 Å². The van der Waals surface area contributed by atoms with Crippen molar-refractivity contribution in [3.8, 4) is 5.75 Å². The maximum Gasteiger partial charge on any atom is 0.239 e. The van der Waals surface area contributed by atoms with Crippen molar-refractivity contribution in [2.24, 2.45) is 0 Å². The highest BCUT2D eigenvalue weighted by Crippen LogP contribution is 2.20. The first-order chi connectivity index (χ1) is 11.4. The van der Waals surface area contributed by atoms with Gasteiger partial charge in [-0.15, -0.1) is 0 Å². The molecule has 0 aliphatic heterocycles. The van der Waals surface area contributed by atoms with Gasteiger partial charge >= 0.3 is 0 Å². The van der Waals surface area contributed by atoms with Crippen molar-refractivity contribution in [3.05, 3.63) is 66.7 Å². The molecule has 2 N–H and O–H groups in total. The highest BCUT2D eigenvalue weighted by atomic mass is 32.2. The zero-order chi connectivity index (χ0) is 17.2. The van der Waals surface area contributed by atoms with Crippen molar-refractivity contribution >= 4 is 32.2 Å². The van der Waals surface area contributed by atoms with E-state index in [0.29, 0.717) is 5.69 Å². The van der Waals surface area contributed by atoms with E-state index in [9.17, 15) is 18.3 Å². The molecule has 24 heavy (non-hydrogen) atoms. The number of nitrogens with one attached hydrogen (secondary N) is 1. The monoisotopic (exact) mass is 341 g/mol. The van der Waals surface area contributed by atoms with Crippen LogP contribution < -0.4 is 5.32 Å². The molecular weight excluding hydrogens is 326 g/mol. The number of phenols is 1. The van der Waals surface area contributed by atoms with E-state index in [0.717, 1.165) is 10.8 Å². The minimum atomic E-state index is -3.76. The second-order valence-corrected chi connectivity index (χ2v) is 7.36. The molecule has 6 heteroatoms. The number of fused-ring (bicyclic) bond motifs is 1. The van der Waals surface area contributed by atoms with Crippen molar-refractivity contribution < 1.29 is 18.3 Å². The van der Waals surface area contributed by atoms with Crippen LogP contribution in [0.5, 0.6) is 5.75 Å². The second-order valence-electron chi connectivity index (χ2n) is 5.37. The lowest BCUT2D eigenvalue weighted by atomic mass is 10.1. The quantitative estimate of drug-likeness (QED) is 0.764. The molecule has 0 bridgehead atoms. The summed E-state index contributed by atoms with van der Waals surface area (Å²) >= 11 is 0. The van der Waals surface area contributed by atoms with Crippen molar-refractivity contribution in [1.82, 2.24) is 0 Å². The number of benzene rings is 3. The second kappa shape index (κ2) is 6.33. The van der Waals surface area contributed by atoms with Crippen LogP contribution in [0.4, 0.5) is 5.69 Å². The van der Waals surface area contributed by atoms with Crippen molar-refractivity contribution in [2.75, 3.05) is 11.1 Å².